The number of hydrazone groups is 1. The molecule has 2 unspecified atom stereocenters. The van der Waals surface area contributed by atoms with Crippen molar-refractivity contribution in [2.24, 2.45) is 5.10 Å². The number of hydrogen-bond donors (Lipinski definition) is 3. The first kappa shape index (κ1) is 20.4. The minimum Gasteiger partial charge on any atom is -0.504 e. The van der Waals surface area contributed by atoms with Crippen LogP contribution in [0.5, 0.6) is 11.5 Å². The van der Waals surface area contributed by atoms with Crippen LogP contribution in [0, 0.1) is 0 Å². The Kier molecular flexibility index (Phi) is 4.44. The number of hydrogen-bond acceptors (Lipinski definition) is 6. The van der Waals surface area contributed by atoms with Crippen LogP contribution in [0.15, 0.2) is 60.2 Å². The molecule has 1 amide bonds. The van der Waals surface area contributed by atoms with Crippen molar-refractivity contribution in [3.63, 3.8) is 0 Å². The van der Waals surface area contributed by atoms with Crippen molar-refractivity contribution in [2.75, 3.05) is 13.1 Å². The molecule has 2 heterocycles. The van der Waals surface area contributed by atoms with Crippen LogP contribution in [-0.4, -0.2) is 57.6 Å². The van der Waals surface area contributed by atoms with Crippen molar-refractivity contribution in [3.8, 4) is 11.5 Å². The summed E-state index contributed by atoms with van der Waals surface area (Å²) in [5, 5.41) is 27.4. The Balaban J connectivity index is 1.43. The monoisotopic (exact) mass is 445 g/mol. The summed E-state index contributed by atoms with van der Waals surface area (Å²) >= 11 is 0. The lowest BCUT2D eigenvalue weighted by atomic mass is 9.49. The second-order valence-electron chi connectivity index (χ2n) is 9.51. The van der Waals surface area contributed by atoms with Gasteiger partial charge in [-0.25, -0.2) is 5.43 Å². The van der Waals surface area contributed by atoms with Gasteiger partial charge in [0.1, 0.15) is 0 Å². The van der Waals surface area contributed by atoms with E-state index in [1.807, 2.05) is 30.3 Å². The van der Waals surface area contributed by atoms with Crippen LogP contribution in [0.25, 0.3) is 0 Å². The number of piperidine rings is 1. The van der Waals surface area contributed by atoms with Gasteiger partial charge in [-0.3, -0.25) is 9.69 Å². The van der Waals surface area contributed by atoms with Crippen LogP contribution < -0.4 is 10.2 Å². The first-order valence-electron chi connectivity index (χ1n) is 11.5. The summed E-state index contributed by atoms with van der Waals surface area (Å²) in [5.74, 6) is 0.248. The molecule has 33 heavy (non-hydrogen) atoms. The topological polar surface area (TPSA) is 94.4 Å². The Bertz CT molecular complexity index is 1180. The number of carbonyl (C=O) groups excluding carboxylic acids is 1. The zero-order valence-corrected chi connectivity index (χ0v) is 18.3. The van der Waals surface area contributed by atoms with Crippen LogP contribution in [-0.2, 0) is 11.8 Å². The molecule has 2 bridgehead atoms. The maximum Gasteiger partial charge on any atom is 0.271 e. The molecule has 170 valence electrons. The molecular formula is C26H27N3O4. The number of likely N-dealkylation sites (tertiary alicyclic amines) is 1. The summed E-state index contributed by atoms with van der Waals surface area (Å²) in [4.78, 5) is 14.9. The number of phenols is 1. The second-order valence-corrected chi connectivity index (χ2v) is 9.51. The molecule has 1 saturated carbocycles. The average Bonchev–Trinajstić information content (AvgIpc) is 3.18. The molecule has 2 aliphatic carbocycles. The summed E-state index contributed by atoms with van der Waals surface area (Å²) in [5.41, 5.74) is 4.21. The number of phenolic OH excluding ortho intramolecular Hbond substituents is 1. The van der Waals surface area contributed by atoms with Gasteiger partial charge in [0.05, 0.1) is 16.7 Å². The molecule has 4 aliphatic rings. The lowest BCUT2D eigenvalue weighted by Crippen LogP contribution is -2.76. The number of nitrogens with one attached hydrogen (secondary N) is 1. The molecule has 2 aromatic rings. The van der Waals surface area contributed by atoms with Gasteiger partial charge in [0.2, 0.25) is 0 Å². The van der Waals surface area contributed by atoms with Gasteiger partial charge in [-0.1, -0.05) is 30.3 Å². The molecule has 2 aliphatic heterocycles. The number of aromatic hydroxyl groups is 1. The number of aliphatic hydroxyl groups is 1. The third-order valence-corrected chi connectivity index (χ3v) is 8.09. The quantitative estimate of drug-likeness (QED) is 0.497. The zero-order valence-electron chi connectivity index (χ0n) is 18.3. The van der Waals surface area contributed by atoms with Crippen LogP contribution in [0.4, 0.5) is 0 Å². The first-order chi connectivity index (χ1) is 16.0. The van der Waals surface area contributed by atoms with Crippen LogP contribution in [0.1, 0.15) is 40.7 Å². The minimum absolute atomic E-state index is 0.0706. The highest BCUT2D eigenvalue weighted by atomic mass is 16.5. The minimum atomic E-state index is -1.02. The summed E-state index contributed by atoms with van der Waals surface area (Å²) in [6, 6.07) is 12.5. The van der Waals surface area contributed by atoms with Crippen LogP contribution in [0.2, 0.25) is 0 Å². The smallest absolute Gasteiger partial charge is 0.271 e. The highest BCUT2D eigenvalue weighted by molar-refractivity contribution is 5.98. The first-order valence-corrected chi connectivity index (χ1v) is 11.5. The molecule has 6 rings (SSSR count). The number of nitrogens with zero attached hydrogens (tertiary/aromatic N) is 2. The van der Waals surface area contributed by atoms with Crippen molar-refractivity contribution in [1.82, 2.24) is 10.3 Å². The summed E-state index contributed by atoms with van der Waals surface area (Å²) in [6.45, 7) is 5.40. The molecule has 1 spiro atoms. The van der Waals surface area contributed by atoms with Gasteiger partial charge >= 0.3 is 0 Å². The fourth-order valence-electron chi connectivity index (χ4n) is 6.71. The van der Waals surface area contributed by atoms with Gasteiger partial charge in [0, 0.05) is 30.3 Å². The van der Waals surface area contributed by atoms with Crippen molar-refractivity contribution >= 4 is 11.6 Å². The number of amides is 1. The summed E-state index contributed by atoms with van der Waals surface area (Å²) in [7, 11) is 0. The SMILES string of the molecule is C=CCN1CC[C@]23c4c5ccc(O)c4OC2C(=NNC(=O)c2ccccc2)CC[C@@]3(O)C1C5. The van der Waals surface area contributed by atoms with Crippen molar-refractivity contribution < 1.29 is 19.7 Å². The molecule has 0 aromatic heterocycles. The normalized spacial score (nSPS) is 32.7. The maximum absolute atomic E-state index is 12.6. The van der Waals surface area contributed by atoms with E-state index < -0.39 is 17.1 Å². The number of rotatable bonds is 4. The maximum atomic E-state index is 12.6. The summed E-state index contributed by atoms with van der Waals surface area (Å²) < 4.78 is 6.39. The third-order valence-electron chi connectivity index (χ3n) is 8.09. The lowest BCUT2D eigenvalue weighted by molar-refractivity contribution is -0.163. The van der Waals surface area contributed by atoms with Crippen molar-refractivity contribution in [2.45, 2.75) is 48.8 Å². The molecule has 7 heteroatoms. The fourth-order valence-corrected chi connectivity index (χ4v) is 6.71. The van der Waals surface area contributed by atoms with E-state index in [9.17, 15) is 15.0 Å². The Morgan fingerprint density at radius 3 is 2.88 bits per heavy atom. The molecule has 2 aromatic carbocycles. The van der Waals surface area contributed by atoms with Crippen LogP contribution >= 0.6 is 0 Å². The van der Waals surface area contributed by atoms with E-state index in [2.05, 4.69) is 22.0 Å². The molecule has 3 N–H and O–H groups in total. The molecule has 7 nitrogen and oxygen atoms in total. The van der Waals surface area contributed by atoms with Gasteiger partial charge in [-0.2, -0.15) is 5.10 Å². The van der Waals surface area contributed by atoms with E-state index in [1.54, 1.807) is 18.2 Å². The van der Waals surface area contributed by atoms with Crippen molar-refractivity contribution in [3.05, 3.63) is 71.8 Å². The Morgan fingerprint density at radius 2 is 2.09 bits per heavy atom. The highest BCUT2D eigenvalue weighted by Gasteiger charge is 2.72. The fraction of sp³-hybridized carbons (Fsp3) is 0.385. The van der Waals surface area contributed by atoms with E-state index in [-0.39, 0.29) is 17.7 Å². The Morgan fingerprint density at radius 1 is 1.27 bits per heavy atom. The van der Waals surface area contributed by atoms with E-state index >= 15 is 0 Å². The van der Waals surface area contributed by atoms with E-state index in [0.29, 0.717) is 49.3 Å². The van der Waals surface area contributed by atoms with E-state index in [1.165, 1.54) is 0 Å². The number of carbonyl (C=O) groups is 1. The standard InChI is InChI=1S/C26H27N3O4/c1-2-13-29-14-12-25-21-17-8-9-19(30)22(21)33-23(25)18(10-11-26(25,32)20(29)15-17)27-28-24(31)16-6-4-3-5-7-16/h2-9,20,23,30,32H,1,10-15H2,(H,28,31)/t20?,23?,25-,26+/m0/s1. The largest absolute Gasteiger partial charge is 0.504 e. The zero-order chi connectivity index (χ0) is 22.8. The highest BCUT2D eigenvalue weighted by Crippen LogP contribution is 2.64. The molecular weight excluding hydrogens is 418 g/mol. The molecule has 0 radical (unpaired) electrons. The second kappa shape index (κ2) is 7.17. The van der Waals surface area contributed by atoms with E-state index in [4.69, 9.17) is 4.74 Å². The lowest BCUT2D eigenvalue weighted by Gasteiger charge is -2.62. The Labute approximate surface area is 192 Å². The third kappa shape index (κ3) is 2.63. The van der Waals surface area contributed by atoms with Gasteiger partial charge < -0.3 is 14.9 Å². The van der Waals surface area contributed by atoms with Crippen molar-refractivity contribution in [1.29, 1.82) is 0 Å². The summed E-state index contributed by atoms with van der Waals surface area (Å²) in [6.07, 6.45) is 3.73. The number of ether oxygens (including phenoxy) is 1. The molecule has 4 atom stereocenters. The van der Waals surface area contributed by atoms with Crippen LogP contribution in [0.3, 0.4) is 0 Å². The molecule has 1 saturated heterocycles. The Hall–Kier alpha value is -3.16. The van der Waals surface area contributed by atoms with Gasteiger partial charge in [0.15, 0.2) is 17.6 Å². The predicted molar refractivity (Wildman–Crippen MR) is 124 cm³/mol. The predicted octanol–water partition coefficient (Wildman–Crippen LogP) is 2.52. The van der Waals surface area contributed by atoms with Gasteiger partial charge in [-0.15, -0.1) is 6.58 Å². The number of benzene rings is 2. The van der Waals surface area contributed by atoms with Gasteiger partial charge in [-0.05, 0) is 49.4 Å². The average molecular weight is 446 g/mol. The van der Waals surface area contributed by atoms with Gasteiger partial charge in [0.25, 0.3) is 5.91 Å². The molecule has 2 fully saturated rings. The van der Waals surface area contributed by atoms with E-state index in [0.717, 1.165) is 17.7 Å².